The van der Waals surface area contributed by atoms with Crippen LogP contribution in [0.4, 0.5) is 0 Å². The summed E-state index contributed by atoms with van der Waals surface area (Å²) in [7, 11) is 0. The van der Waals surface area contributed by atoms with Crippen molar-refractivity contribution in [1.29, 1.82) is 0 Å². The Kier molecular flexibility index (Phi) is 31.2. The standard InChI is InChI=1S/C35H58O13/c1-2-3-4-5-6-10-13-33(36)47-30-28-45-26-24-43-22-20-41-18-16-39-14-15-40-17-19-42-21-23-44-25-27-46-29-31-48-35(38)34(37)32-11-8-7-9-12-32/h7-9,11-12H,2-6,10,13-31H2,1H3. The van der Waals surface area contributed by atoms with Crippen molar-refractivity contribution < 1.29 is 61.8 Å². The van der Waals surface area contributed by atoms with Crippen LogP contribution in [0.3, 0.4) is 0 Å². The fourth-order valence-corrected chi connectivity index (χ4v) is 3.94. The average Bonchev–Trinajstić information content (AvgIpc) is 3.10. The number of unbranched alkanes of at least 4 members (excludes halogenated alkanes) is 5. The number of hydrogen-bond donors (Lipinski definition) is 0. The molecule has 13 nitrogen and oxygen atoms in total. The molecule has 13 heteroatoms. The van der Waals surface area contributed by atoms with Gasteiger partial charge in [0.1, 0.15) is 13.2 Å². The minimum Gasteiger partial charge on any atom is -0.463 e. The Morgan fingerprint density at radius 2 is 0.792 bits per heavy atom. The monoisotopic (exact) mass is 686 g/mol. The van der Waals surface area contributed by atoms with Crippen molar-refractivity contribution in [3.05, 3.63) is 35.9 Å². The SMILES string of the molecule is CCCCCCCCC(=O)OCCOCCOCCOCCOCCOCCOCCOCCOCCOC(=O)C(=O)c1ccccc1. The number of rotatable bonds is 36. The summed E-state index contributed by atoms with van der Waals surface area (Å²) in [6, 6.07) is 8.25. The molecule has 1 rings (SSSR count). The minimum absolute atomic E-state index is 0.00466. The Hall–Kier alpha value is -2.49. The first-order chi connectivity index (χ1) is 23.6. The van der Waals surface area contributed by atoms with Crippen LogP contribution in [0.2, 0.25) is 0 Å². The first kappa shape index (κ1) is 43.5. The van der Waals surface area contributed by atoms with E-state index in [4.69, 9.17) is 47.4 Å². The molecule has 0 aliphatic carbocycles. The van der Waals surface area contributed by atoms with Crippen molar-refractivity contribution in [3.8, 4) is 0 Å². The lowest BCUT2D eigenvalue weighted by Crippen LogP contribution is -2.20. The Bertz CT molecular complexity index is 884. The van der Waals surface area contributed by atoms with Gasteiger partial charge in [-0.1, -0.05) is 69.4 Å². The van der Waals surface area contributed by atoms with Crippen LogP contribution in [-0.2, 0) is 57.0 Å². The maximum absolute atomic E-state index is 11.9. The van der Waals surface area contributed by atoms with E-state index >= 15 is 0 Å². The highest BCUT2D eigenvalue weighted by molar-refractivity contribution is 6.40. The van der Waals surface area contributed by atoms with Crippen molar-refractivity contribution in [1.82, 2.24) is 0 Å². The molecule has 0 fully saturated rings. The van der Waals surface area contributed by atoms with Gasteiger partial charge in [0.05, 0.1) is 106 Å². The summed E-state index contributed by atoms with van der Waals surface area (Å²) in [6.07, 6.45) is 7.37. The van der Waals surface area contributed by atoms with E-state index in [9.17, 15) is 14.4 Å². The topological polar surface area (TPSA) is 144 Å². The summed E-state index contributed by atoms with van der Waals surface area (Å²) in [6.45, 7) is 9.21. The lowest BCUT2D eigenvalue weighted by molar-refractivity contribution is -0.145. The molecule has 0 amide bonds. The van der Waals surface area contributed by atoms with Gasteiger partial charge in [-0.25, -0.2) is 4.79 Å². The van der Waals surface area contributed by atoms with Crippen molar-refractivity contribution in [3.63, 3.8) is 0 Å². The highest BCUT2D eigenvalue weighted by Crippen LogP contribution is 2.07. The number of esters is 2. The first-order valence-corrected chi connectivity index (χ1v) is 17.2. The van der Waals surface area contributed by atoms with Crippen LogP contribution in [0.5, 0.6) is 0 Å². The van der Waals surface area contributed by atoms with Crippen LogP contribution in [-0.4, -0.2) is 137 Å². The minimum atomic E-state index is -0.899. The quantitative estimate of drug-likeness (QED) is 0.0437. The molecule has 0 spiro atoms. The van der Waals surface area contributed by atoms with Gasteiger partial charge in [0, 0.05) is 12.0 Å². The maximum atomic E-state index is 11.9. The first-order valence-electron chi connectivity index (χ1n) is 17.2. The number of carbonyl (C=O) groups is 3. The van der Waals surface area contributed by atoms with Gasteiger partial charge in [-0.05, 0) is 6.42 Å². The van der Waals surface area contributed by atoms with Crippen LogP contribution < -0.4 is 0 Å². The van der Waals surface area contributed by atoms with Crippen LogP contribution >= 0.6 is 0 Å². The second-order valence-corrected chi connectivity index (χ2v) is 10.5. The fourth-order valence-electron chi connectivity index (χ4n) is 3.94. The molecule has 48 heavy (non-hydrogen) atoms. The van der Waals surface area contributed by atoms with E-state index in [1.54, 1.807) is 30.3 Å². The number of carbonyl (C=O) groups excluding carboxylic acids is 3. The number of hydrogen-bond acceptors (Lipinski definition) is 13. The molecule has 0 bridgehead atoms. The molecule has 0 aliphatic rings. The molecule has 276 valence electrons. The molecule has 1 aromatic rings. The van der Waals surface area contributed by atoms with Crippen LogP contribution in [0, 0.1) is 0 Å². The van der Waals surface area contributed by atoms with Crippen molar-refractivity contribution in [2.45, 2.75) is 51.9 Å². The van der Waals surface area contributed by atoms with Crippen LogP contribution in [0.25, 0.3) is 0 Å². The number of ether oxygens (including phenoxy) is 10. The molecule has 0 saturated carbocycles. The van der Waals surface area contributed by atoms with Gasteiger partial charge in [0.25, 0.3) is 5.78 Å². The molecule has 0 aliphatic heterocycles. The van der Waals surface area contributed by atoms with Gasteiger partial charge in [0.15, 0.2) is 0 Å². The van der Waals surface area contributed by atoms with E-state index in [1.807, 2.05) is 0 Å². The predicted octanol–water partition coefficient (Wildman–Crippen LogP) is 3.84. The summed E-state index contributed by atoms with van der Waals surface area (Å²) in [5, 5.41) is 0. The van der Waals surface area contributed by atoms with E-state index in [0.717, 1.165) is 12.8 Å². The van der Waals surface area contributed by atoms with Gasteiger partial charge in [-0.15, -0.1) is 0 Å². The average molecular weight is 687 g/mol. The third kappa shape index (κ3) is 28.5. The van der Waals surface area contributed by atoms with Crippen LogP contribution in [0.15, 0.2) is 30.3 Å². The highest BCUT2D eigenvalue weighted by atomic mass is 16.6. The molecular formula is C35H58O13. The van der Waals surface area contributed by atoms with Crippen molar-refractivity contribution in [2.24, 2.45) is 0 Å². The van der Waals surface area contributed by atoms with Crippen LogP contribution in [0.1, 0.15) is 62.2 Å². The molecule has 1 aromatic carbocycles. The molecule has 0 radical (unpaired) electrons. The van der Waals surface area contributed by atoms with Crippen molar-refractivity contribution in [2.75, 3.05) is 119 Å². The molecule has 0 saturated heterocycles. The zero-order valence-electron chi connectivity index (χ0n) is 28.9. The summed E-state index contributed by atoms with van der Waals surface area (Å²) in [4.78, 5) is 35.3. The van der Waals surface area contributed by atoms with Gasteiger partial charge in [-0.3, -0.25) is 9.59 Å². The molecular weight excluding hydrogens is 628 g/mol. The van der Waals surface area contributed by atoms with Crippen molar-refractivity contribution >= 4 is 17.7 Å². The smallest absolute Gasteiger partial charge is 0.379 e. The molecule has 0 unspecified atom stereocenters. The van der Waals surface area contributed by atoms with Gasteiger partial charge in [-0.2, -0.15) is 0 Å². The normalized spacial score (nSPS) is 11.1. The maximum Gasteiger partial charge on any atom is 0.379 e. The number of Topliss-reactive ketones (excluding diaryl/α,β-unsaturated/α-hetero) is 1. The molecule has 0 atom stereocenters. The van der Waals surface area contributed by atoms with E-state index in [2.05, 4.69) is 6.92 Å². The number of benzene rings is 1. The van der Waals surface area contributed by atoms with Gasteiger partial charge < -0.3 is 47.4 Å². The highest BCUT2D eigenvalue weighted by Gasteiger charge is 2.17. The van der Waals surface area contributed by atoms with E-state index < -0.39 is 11.8 Å². The van der Waals surface area contributed by atoms with Gasteiger partial charge in [0.2, 0.25) is 0 Å². The Morgan fingerprint density at radius 3 is 1.21 bits per heavy atom. The summed E-state index contributed by atoms with van der Waals surface area (Å²) in [5.74, 6) is -1.73. The zero-order chi connectivity index (χ0) is 34.6. The van der Waals surface area contributed by atoms with E-state index in [-0.39, 0.29) is 25.8 Å². The van der Waals surface area contributed by atoms with E-state index in [0.29, 0.717) is 111 Å². The number of ketones is 1. The third-order valence-electron chi connectivity index (χ3n) is 6.51. The molecule has 0 heterocycles. The lowest BCUT2D eigenvalue weighted by Gasteiger charge is -2.09. The molecule has 0 aromatic heterocycles. The third-order valence-corrected chi connectivity index (χ3v) is 6.51. The second kappa shape index (κ2) is 34.4. The summed E-state index contributed by atoms with van der Waals surface area (Å²) < 4.78 is 53.5. The summed E-state index contributed by atoms with van der Waals surface area (Å²) in [5.41, 5.74) is 0.294. The summed E-state index contributed by atoms with van der Waals surface area (Å²) >= 11 is 0. The Balaban J connectivity index is 1.68. The molecule has 0 N–H and O–H groups in total. The fraction of sp³-hybridized carbons (Fsp3) is 0.743. The Labute approximate surface area is 286 Å². The largest absolute Gasteiger partial charge is 0.463 e. The zero-order valence-corrected chi connectivity index (χ0v) is 28.9. The predicted molar refractivity (Wildman–Crippen MR) is 177 cm³/mol. The second-order valence-electron chi connectivity index (χ2n) is 10.5. The lowest BCUT2D eigenvalue weighted by atomic mass is 10.1. The van der Waals surface area contributed by atoms with Gasteiger partial charge >= 0.3 is 11.9 Å². The van der Waals surface area contributed by atoms with E-state index in [1.165, 1.54) is 25.7 Å². The Morgan fingerprint density at radius 1 is 0.438 bits per heavy atom.